The summed E-state index contributed by atoms with van der Waals surface area (Å²) in [6, 6.07) is 0. The molecule has 0 rings (SSSR count). The zero-order valence-electron chi connectivity index (χ0n) is 14.4. The van der Waals surface area contributed by atoms with Crippen LogP contribution in [0.1, 0.15) is 0 Å². The van der Waals surface area contributed by atoms with Crippen molar-refractivity contribution in [3.05, 3.63) is 0 Å². The van der Waals surface area contributed by atoms with Crippen molar-refractivity contribution in [2.75, 3.05) is 21.3 Å². The Bertz CT molecular complexity index is 292. The Morgan fingerprint density at radius 1 is 0.500 bits per heavy atom. The number of rotatable bonds is 9. The highest BCUT2D eigenvalue weighted by molar-refractivity contribution is 6.87. The topological polar surface area (TPSA) is 55.4 Å². The summed E-state index contributed by atoms with van der Waals surface area (Å²) in [5.41, 5.74) is 0. The molecular weight excluding hydrogens is 328 g/mol. The Kier molecular flexibility index (Phi) is 7.49. The largest absolute Gasteiger partial charge is 0.669 e. The van der Waals surface area contributed by atoms with E-state index in [9.17, 15) is 0 Å². The summed E-state index contributed by atoms with van der Waals surface area (Å²) in [6.45, 7) is 14.4. The first-order valence-corrected chi connectivity index (χ1v) is 17.2. The first kappa shape index (κ1) is 20.6. The minimum absolute atomic E-state index is 1.52. The lowest BCUT2D eigenvalue weighted by Crippen LogP contribution is -2.59. The Balaban J connectivity index is 4.89. The zero-order chi connectivity index (χ0) is 16.2. The van der Waals surface area contributed by atoms with E-state index in [0.29, 0.717) is 0 Å². The SMILES string of the molecule is CO[Si](OC)(OC)O[Si](C)(C)O[Si](C)(C)O[Si](C)(C)C. The minimum Gasteiger partial charge on any atom is -0.437 e. The van der Waals surface area contributed by atoms with Gasteiger partial charge in [0.2, 0.25) is 0 Å². The predicted molar refractivity (Wildman–Crippen MR) is 88.3 cm³/mol. The van der Waals surface area contributed by atoms with Gasteiger partial charge in [0.1, 0.15) is 0 Å². The van der Waals surface area contributed by atoms with Gasteiger partial charge in [0.25, 0.3) is 0 Å². The molecule has 0 saturated carbocycles. The maximum absolute atomic E-state index is 6.23. The summed E-state index contributed by atoms with van der Waals surface area (Å²) in [7, 11) is -4.94. The van der Waals surface area contributed by atoms with Gasteiger partial charge in [-0.15, -0.1) is 0 Å². The van der Waals surface area contributed by atoms with Crippen LogP contribution >= 0.6 is 0 Å². The van der Waals surface area contributed by atoms with E-state index in [4.69, 9.17) is 25.6 Å². The molecule has 0 unspecified atom stereocenters. The molecule has 0 aromatic rings. The Hall–Kier alpha value is 0.628. The molecule has 0 bridgehead atoms. The van der Waals surface area contributed by atoms with Crippen LogP contribution in [0.2, 0.25) is 45.8 Å². The van der Waals surface area contributed by atoms with Crippen LogP contribution in [0.25, 0.3) is 0 Å². The molecule has 0 heterocycles. The van der Waals surface area contributed by atoms with Crippen molar-refractivity contribution >= 4 is 34.5 Å². The van der Waals surface area contributed by atoms with Crippen LogP contribution in [0.4, 0.5) is 0 Å². The highest BCUT2D eigenvalue weighted by Gasteiger charge is 2.51. The van der Waals surface area contributed by atoms with Crippen molar-refractivity contribution in [2.45, 2.75) is 45.8 Å². The molecule has 0 spiro atoms. The molecule has 0 fully saturated rings. The van der Waals surface area contributed by atoms with Crippen molar-refractivity contribution in [3.8, 4) is 0 Å². The summed E-state index contributed by atoms with van der Waals surface area (Å²) in [5, 5.41) is 0. The molecule has 0 aliphatic rings. The van der Waals surface area contributed by atoms with Gasteiger partial charge in [-0.1, -0.05) is 0 Å². The monoisotopic (exact) mass is 358 g/mol. The zero-order valence-corrected chi connectivity index (χ0v) is 18.4. The fourth-order valence-corrected chi connectivity index (χ4v) is 17.7. The van der Waals surface area contributed by atoms with Crippen molar-refractivity contribution in [2.24, 2.45) is 0 Å². The van der Waals surface area contributed by atoms with E-state index >= 15 is 0 Å². The van der Waals surface area contributed by atoms with E-state index in [2.05, 4.69) is 19.6 Å². The summed E-state index contributed by atoms with van der Waals surface area (Å²) in [5.74, 6) is 0. The average Bonchev–Trinajstić information content (AvgIpc) is 2.20. The molecule has 0 aromatic carbocycles. The molecule has 10 heteroatoms. The first-order valence-electron chi connectivity index (χ1n) is 6.56. The fourth-order valence-electron chi connectivity index (χ4n) is 2.05. The molecule has 6 nitrogen and oxygen atoms in total. The van der Waals surface area contributed by atoms with Gasteiger partial charge in [0.05, 0.1) is 0 Å². The molecule has 0 aromatic heterocycles. The smallest absolute Gasteiger partial charge is 0.437 e. The van der Waals surface area contributed by atoms with E-state index in [0.717, 1.165) is 0 Å². The van der Waals surface area contributed by atoms with Crippen LogP contribution in [-0.4, -0.2) is 55.8 Å². The summed E-state index contributed by atoms with van der Waals surface area (Å²) in [4.78, 5) is 0. The van der Waals surface area contributed by atoms with Gasteiger partial charge in [0.15, 0.2) is 8.32 Å². The highest BCUT2D eigenvalue weighted by Crippen LogP contribution is 2.24. The maximum atomic E-state index is 6.23. The quantitative estimate of drug-likeness (QED) is 0.591. The van der Waals surface area contributed by atoms with Crippen molar-refractivity contribution in [1.82, 2.24) is 0 Å². The predicted octanol–water partition coefficient (Wildman–Crippen LogP) is 2.65. The van der Waals surface area contributed by atoms with E-state index in [1.165, 1.54) is 21.3 Å². The average molecular weight is 359 g/mol. The van der Waals surface area contributed by atoms with Gasteiger partial charge in [-0.05, 0) is 45.8 Å². The molecule has 20 heavy (non-hydrogen) atoms. The van der Waals surface area contributed by atoms with Crippen LogP contribution < -0.4 is 0 Å². The second kappa shape index (κ2) is 7.26. The minimum atomic E-state index is -3.10. The lowest BCUT2D eigenvalue weighted by atomic mass is 11.8. The van der Waals surface area contributed by atoms with E-state index in [-0.39, 0.29) is 0 Å². The Morgan fingerprint density at radius 2 is 0.850 bits per heavy atom. The number of hydrogen-bond acceptors (Lipinski definition) is 6. The molecule has 0 aliphatic carbocycles. The third kappa shape index (κ3) is 7.58. The van der Waals surface area contributed by atoms with E-state index < -0.39 is 34.5 Å². The van der Waals surface area contributed by atoms with E-state index in [1.807, 2.05) is 26.2 Å². The third-order valence-electron chi connectivity index (χ3n) is 2.16. The summed E-state index contributed by atoms with van der Waals surface area (Å²) < 4.78 is 34.3. The van der Waals surface area contributed by atoms with Gasteiger partial charge >= 0.3 is 26.2 Å². The second-order valence-corrected chi connectivity index (χ2v) is 20.8. The standard InChI is InChI=1S/C10H30O6Si4/c1-11-20(12-2,13-3)16-19(9,10)15-18(7,8)14-17(4,5)6/h1-10H3. The lowest BCUT2D eigenvalue weighted by molar-refractivity contribution is 0.0405. The van der Waals surface area contributed by atoms with Crippen molar-refractivity contribution in [3.63, 3.8) is 0 Å². The second-order valence-electron chi connectivity index (χ2n) is 6.33. The van der Waals surface area contributed by atoms with Gasteiger partial charge in [-0.3, -0.25) is 0 Å². The molecule has 0 radical (unpaired) electrons. The normalized spacial score (nSPS) is 14.7. The van der Waals surface area contributed by atoms with Crippen LogP contribution in [0.5, 0.6) is 0 Å². The fraction of sp³-hybridized carbons (Fsp3) is 1.00. The van der Waals surface area contributed by atoms with E-state index in [1.54, 1.807) is 0 Å². The van der Waals surface area contributed by atoms with Crippen molar-refractivity contribution in [1.29, 1.82) is 0 Å². The Labute approximate surface area is 127 Å². The lowest BCUT2D eigenvalue weighted by Gasteiger charge is -2.39. The van der Waals surface area contributed by atoms with Gasteiger partial charge < -0.3 is 25.6 Å². The van der Waals surface area contributed by atoms with Crippen LogP contribution in [0.3, 0.4) is 0 Å². The third-order valence-corrected chi connectivity index (χ3v) is 15.0. The van der Waals surface area contributed by atoms with Gasteiger partial charge in [0, 0.05) is 21.3 Å². The highest BCUT2D eigenvalue weighted by atomic mass is 28.5. The van der Waals surface area contributed by atoms with Gasteiger partial charge in [-0.25, -0.2) is 0 Å². The molecule has 0 N–H and O–H groups in total. The molecule has 0 amide bonds. The van der Waals surface area contributed by atoms with Gasteiger partial charge in [-0.2, -0.15) is 0 Å². The van der Waals surface area contributed by atoms with Crippen LogP contribution in [0.15, 0.2) is 0 Å². The summed E-state index contributed by atoms with van der Waals surface area (Å²) >= 11 is 0. The van der Waals surface area contributed by atoms with Crippen LogP contribution in [-0.2, 0) is 25.6 Å². The van der Waals surface area contributed by atoms with Crippen molar-refractivity contribution < 1.29 is 25.6 Å². The molecule has 122 valence electrons. The molecular formula is C10H30O6Si4. The first-order chi connectivity index (χ1) is 8.80. The molecule has 0 aliphatic heterocycles. The molecule has 0 atom stereocenters. The summed E-state index contributed by atoms with van der Waals surface area (Å²) in [6.07, 6.45) is 0. The Morgan fingerprint density at radius 3 is 1.15 bits per heavy atom. The maximum Gasteiger partial charge on any atom is 0.669 e. The number of hydrogen-bond donors (Lipinski definition) is 0. The molecule has 0 saturated heterocycles. The van der Waals surface area contributed by atoms with Crippen LogP contribution in [0, 0.1) is 0 Å².